The molecule has 0 fully saturated rings. The summed E-state index contributed by atoms with van der Waals surface area (Å²) >= 11 is 5.27. The molecule has 1 aromatic heterocycles. The molecular formula is C15H12F2N2OS. The average Bonchev–Trinajstić information content (AvgIpc) is 2.79. The number of hydrogen-bond acceptors (Lipinski definition) is 2. The molecule has 3 rings (SSSR count). The summed E-state index contributed by atoms with van der Waals surface area (Å²) < 4.78 is 34.5. The molecule has 0 unspecified atom stereocenters. The minimum atomic E-state index is -0.477. The fourth-order valence-corrected chi connectivity index (χ4v) is 2.58. The summed E-state index contributed by atoms with van der Waals surface area (Å²) in [6.45, 7) is 0.148. The van der Waals surface area contributed by atoms with Crippen LogP contribution in [-0.2, 0) is 6.54 Å². The Balaban J connectivity index is 2.15. The van der Waals surface area contributed by atoms with Crippen molar-refractivity contribution in [3.63, 3.8) is 0 Å². The maximum Gasteiger partial charge on any atom is 0.178 e. The lowest BCUT2D eigenvalue weighted by Crippen LogP contribution is -2.02. The molecule has 2 aromatic carbocycles. The maximum atomic E-state index is 13.8. The van der Waals surface area contributed by atoms with E-state index < -0.39 is 11.6 Å². The number of nitrogens with one attached hydrogen (secondary N) is 1. The Morgan fingerprint density at radius 2 is 2.05 bits per heavy atom. The van der Waals surface area contributed by atoms with Crippen molar-refractivity contribution in [2.75, 3.05) is 7.11 Å². The standard InChI is InChI=1S/C15H12F2N2OS/c1-20-13-4-2-3-12-14(13)18-15(21)19(12)8-9-7-10(16)5-6-11(9)17/h2-7H,8H2,1H3,(H,18,21). The van der Waals surface area contributed by atoms with Crippen molar-refractivity contribution in [1.29, 1.82) is 0 Å². The van der Waals surface area contributed by atoms with Crippen molar-refractivity contribution >= 4 is 23.3 Å². The molecule has 3 nitrogen and oxygen atoms in total. The van der Waals surface area contributed by atoms with E-state index in [0.29, 0.717) is 10.5 Å². The SMILES string of the molecule is COc1cccc2c1[nH]c(=S)n2Cc1cc(F)ccc1F. The Hall–Kier alpha value is -2.21. The smallest absolute Gasteiger partial charge is 0.178 e. The molecule has 0 radical (unpaired) electrons. The highest BCUT2D eigenvalue weighted by Crippen LogP contribution is 2.25. The van der Waals surface area contributed by atoms with Crippen molar-refractivity contribution in [2.24, 2.45) is 0 Å². The van der Waals surface area contributed by atoms with Gasteiger partial charge in [0.25, 0.3) is 0 Å². The molecule has 0 bridgehead atoms. The van der Waals surface area contributed by atoms with Gasteiger partial charge >= 0.3 is 0 Å². The monoisotopic (exact) mass is 306 g/mol. The van der Waals surface area contributed by atoms with E-state index >= 15 is 0 Å². The molecule has 21 heavy (non-hydrogen) atoms. The first-order valence-electron chi connectivity index (χ1n) is 6.29. The molecule has 0 atom stereocenters. The van der Waals surface area contributed by atoms with E-state index in [0.717, 1.165) is 23.2 Å². The maximum absolute atomic E-state index is 13.8. The first-order valence-corrected chi connectivity index (χ1v) is 6.70. The number of nitrogens with zero attached hydrogens (tertiary/aromatic N) is 1. The third kappa shape index (κ3) is 2.42. The van der Waals surface area contributed by atoms with Crippen LogP contribution in [0.2, 0.25) is 0 Å². The van der Waals surface area contributed by atoms with Crippen LogP contribution in [0.1, 0.15) is 5.56 Å². The third-order valence-corrected chi connectivity index (χ3v) is 3.65. The predicted molar refractivity (Wildman–Crippen MR) is 79.1 cm³/mol. The zero-order valence-electron chi connectivity index (χ0n) is 11.2. The Morgan fingerprint density at radius 3 is 2.81 bits per heavy atom. The Bertz CT molecular complexity index is 870. The highest BCUT2D eigenvalue weighted by molar-refractivity contribution is 7.71. The van der Waals surface area contributed by atoms with Crippen LogP contribution < -0.4 is 4.74 Å². The van der Waals surface area contributed by atoms with Crippen LogP contribution in [-0.4, -0.2) is 16.7 Å². The number of hydrogen-bond donors (Lipinski definition) is 1. The van der Waals surface area contributed by atoms with Crippen molar-refractivity contribution in [2.45, 2.75) is 6.54 Å². The van der Waals surface area contributed by atoms with Crippen molar-refractivity contribution in [3.8, 4) is 5.75 Å². The largest absolute Gasteiger partial charge is 0.494 e. The first kappa shape index (κ1) is 13.8. The minimum absolute atomic E-state index is 0.148. The number of imidazole rings is 1. The van der Waals surface area contributed by atoms with Crippen LogP contribution >= 0.6 is 12.2 Å². The second kappa shape index (κ2) is 5.29. The molecule has 0 aliphatic carbocycles. The van der Waals surface area contributed by atoms with E-state index in [-0.39, 0.29) is 12.1 Å². The fraction of sp³-hybridized carbons (Fsp3) is 0.133. The van der Waals surface area contributed by atoms with Crippen LogP contribution in [0.25, 0.3) is 11.0 Å². The minimum Gasteiger partial charge on any atom is -0.494 e. The molecule has 6 heteroatoms. The van der Waals surface area contributed by atoms with E-state index in [4.69, 9.17) is 17.0 Å². The van der Waals surface area contributed by atoms with Gasteiger partial charge in [-0.1, -0.05) is 6.07 Å². The number of methoxy groups -OCH3 is 1. The van der Waals surface area contributed by atoms with Gasteiger partial charge in [-0.15, -0.1) is 0 Å². The van der Waals surface area contributed by atoms with Gasteiger partial charge in [-0.2, -0.15) is 0 Å². The van der Waals surface area contributed by atoms with Crippen LogP contribution in [0.3, 0.4) is 0 Å². The summed E-state index contributed by atoms with van der Waals surface area (Å²) in [6.07, 6.45) is 0. The zero-order valence-corrected chi connectivity index (χ0v) is 12.0. The van der Waals surface area contributed by atoms with Crippen LogP contribution in [0, 0.1) is 16.4 Å². The number of aromatic amines is 1. The summed E-state index contributed by atoms with van der Waals surface area (Å²) in [5.41, 5.74) is 1.76. The second-order valence-corrected chi connectivity index (χ2v) is 4.99. The number of fused-ring (bicyclic) bond motifs is 1. The van der Waals surface area contributed by atoms with Crippen LogP contribution in [0.5, 0.6) is 5.75 Å². The summed E-state index contributed by atoms with van der Waals surface area (Å²) in [7, 11) is 1.56. The molecule has 0 aliphatic heterocycles. The highest BCUT2D eigenvalue weighted by atomic mass is 32.1. The van der Waals surface area contributed by atoms with Crippen molar-refractivity contribution in [1.82, 2.24) is 9.55 Å². The molecule has 3 aromatic rings. The molecule has 0 spiro atoms. The average molecular weight is 306 g/mol. The lowest BCUT2D eigenvalue weighted by molar-refractivity contribution is 0.419. The Kier molecular flexibility index (Phi) is 3.47. The van der Waals surface area contributed by atoms with Crippen LogP contribution in [0.15, 0.2) is 36.4 Å². The number of rotatable bonds is 3. The summed E-state index contributed by atoms with van der Waals surface area (Å²) in [5.74, 6) is -0.289. The third-order valence-electron chi connectivity index (χ3n) is 3.33. The van der Waals surface area contributed by atoms with E-state index in [1.54, 1.807) is 17.7 Å². The van der Waals surface area contributed by atoms with Gasteiger partial charge in [0.15, 0.2) is 4.77 Å². The molecule has 0 saturated heterocycles. The quantitative estimate of drug-likeness (QED) is 0.740. The zero-order chi connectivity index (χ0) is 15.0. The van der Waals surface area contributed by atoms with Crippen molar-refractivity contribution < 1.29 is 13.5 Å². The topological polar surface area (TPSA) is 29.9 Å². The molecule has 0 amide bonds. The predicted octanol–water partition coefficient (Wildman–Crippen LogP) is 4.03. The number of benzene rings is 2. The molecule has 0 saturated carbocycles. The Labute approximate surface area is 124 Å². The van der Waals surface area contributed by atoms with Gasteiger partial charge in [0.05, 0.1) is 19.2 Å². The molecule has 1 N–H and O–H groups in total. The normalized spacial score (nSPS) is 11.0. The molecule has 1 heterocycles. The number of para-hydroxylation sites is 1. The van der Waals surface area contributed by atoms with E-state index in [9.17, 15) is 8.78 Å². The van der Waals surface area contributed by atoms with Crippen molar-refractivity contribution in [3.05, 3.63) is 58.4 Å². The van der Waals surface area contributed by atoms with Gasteiger partial charge in [-0.3, -0.25) is 0 Å². The highest BCUT2D eigenvalue weighted by Gasteiger charge is 2.11. The molecule has 108 valence electrons. The molecular weight excluding hydrogens is 294 g/mol. The van der Waals surface area contributed by atoms with Gasteiger partial charge in [0.1, 0.15) is 22.9 Å². The lowest BCUT2D eigenvalue weighted by atomic mass is 10.2. The van der Waals surface area contributed by atoms with Gasteiger partial charge in [-0.25, -0.2) is 8.78 Å². The molecule has 0 aliphatic rings. The number of ether oxygens (including phenoxy) is 1. The Morgan fingerprint density at radius 1 is 1.24 bits per heavy atom. The lowest BCUT2D eigenvalue weighted by Gasteiger charge is -2.07. The van der Waals surface area contributed by atoms with Gasteiger partial charge < -0.3 is 14.3 Å². The summed E-state index contributed by atoms with van der Waals surface area (Å²) in [6, 6.07) is 8.86. The second-order valence-electron chi connectivity index (χ2n) is 4.61. The first-order chi connectivity index (χ1) is 10.1. The van der Waals surface area contributed by atoms with Gasteiger partial charge in [0, 0.05) is 5.56 Å². The van der Waals surface area contributed by atoms with E-state index in [1.165, 1.54) is 6.07 Å². The van der Waals surface area contributed by atoms with Gasteiger partial charge in [-0.05, 0) is 42.5 Å². The number of aromatic nitrogens is 2. The van der Waals surface area contributed by atoms with E-state index in [2.05, 4.69) is 4.98 Å². The van der Waals surface area contributed by atoms with Crippen LogP contribution in [0.4, 0.5) is 8.78 Å². The number of halogens is 2. The summed E-state index contributed by atoms with van der Waals surface area (Å²) in [5, 5.41) is 0. The van der Waals surface area contributed by atoms with Gasteiger partial charge in [0.2, 0.25) is 0 Å². The summed E-state index contributed by atoms with van der Waals surface area (Å²) in [4.78, 5) is 3.04. The van der Waals surface area contributed by atoms with E-state index in [1.807, 2.05) is 12.1 Å². The fourth-order valence-electron chi connectivity index (χ4n) is 2.32. The number of H-pyrrole nitrogens is 1.